The average molecular weight is 223 g/mol. The molecule has 0 spiro atoms. The molecule has 2 N–H and O–H groups in total. The summed E-state index contributed by atoms with van der Waals surface area (Å²) >= 11 is 0. The Kier molecular flexibility index (Phi) is 6.08. The van der Waals surface area contributed by atoms with E-state index in [1.807, 2.05) is 0 Å². The van der Waals surface area contributed by atoms with Gasteiger partial charge in [-0.15, -0.1) is 0 Å². The molecule has 1 rings (SSSR count). The highest BCUT2D eigenvalue weighted by Gasteiger charge is 2.03. The Morgan fingerprint density at radius 2 is 2.19 bits per heavy atom. The van der Waals surface area contributed by atoms with Crippen molar-refractivity contribution in [3.05, 3.63) is 35.4 Å². The lowest BCUT2D eigenvalue weighted by atomic mass is 10.1. The van der Waals surface area contributed by atoms with Crippen molar-refractivity contribution in [2.24, 2.45) is 0 Å². The molecule has 0 unspecified atom stereocenters. The average Bonchev–Trinajstić information content (AvgIpc) is 2.28. The Morgan fingerprint density at radius 1 is 1.38 bits per heavy atom. The van der Waals surface area contributed by atoms with E-state index in [0.29, 0.717) is 19.3 Å². The van der Waals surface area contributed by atoms with E-state index in [1.54, 1.807) is 0 Å². The molecule has 0 bridgehead atoms. The van der Waals surface area contributed by atoms with Gasteiger partial charge in [0.25, 0.3) is 0 Å². The Labute approximate surface area is 97.4 Å². The minimum atomic E-state index is 0.0907. The fourth-order valence-electron chi connectivity index (χ4n) is 1.57. The van der Waals surface area contributed by atoms with Crippen LogP contribution in [0.3, 0.4) is 0 Å². The largest absolute Gasteiger partial charge is 0.394 e. The molecule has 1 aromatic rings. The second kappa shape index (κ2) is 7.39. The molecule has 1 atom stereocenters. The first-order valence-corrected chi connectivity index (χ1v) is 5.72. The molecule has 16 heavy (non-hydrogen) atoms. The van der Waals surface area contributed by atoms with Crippen LogP contribution in [0.2, 0.25) is 0 Å². The number of hydrogen-bond acceptors (Lipinski definition) is 3. The van der Waals surface area contributed by atoms with Crippen LogP contribution in [0.15, 0.2) is 24.3 Å². The molecular formula is C13H21NO2. The molecule has 0 saturated heterocycles. The SMILES string of the molecule is Cc1cccc([C@H](C)NCCOCCO)c1. The molecule has 0 saturated carbocycles. The van der Waals surface area contributed by atoms with E-state index in [-0.39, 0.29) is 6.61 Å². The fraction of sp³-hybridized carbons (Fsp3) is 0.538. The number of nitrogens with one attached hydrogen (secondary N) is 1. The van der Waals surface area contributed by atoms with Gasteiger partial charge in [-0.25, -0.2) is 0 Å². The molecule has 3 heteroatoms. The zero-order valence-corrected chi connectivity index (χ0v) is 10.1. The van der Waals surface area contributed by atoms with E-state index >= 15 is 0 Å². The van der Waals surface area contributed by atoms with Crippen molar-refractivity contribution in [3.63, 3.8) is 0 Å². The van der Waals surface area contributed by atoms with Crippen molar-refractivity contribution in [1.82, 2.24) is 5.32 Å². The molecule has 0 heterocycles. The quantitative estimate of drug-likeness (QED) is 0.691. The van der Waals surface area contributed by atoms with E-state index in [4.69, 9.17) is 9.84 Å². The lowest BCUT2D eigenvalue weighted by molar-refractivity contribution is 0.0928. The molecule has 0 amide bonds. The van der Waals surface area contributed by atoms with Crippen molar-refractivity contribution in [2.75, 3.05) is 26.4 Å². The first-order chi connectivity index (χ1) is 7.74. The minimum absolute atomic E-state index is 0.0907. The van der Waals surface area contributed by atoms with Gasteiger partial charge in [-0.1, -0.05) is 29.8 Å². The van der Waals surface area contributed by atoms with Crippen molar-refractivity contribution in [3.8, 4) is 0 Å². The summed E-state index contributed by atoms with van der Waals surface area (Å²) in [5.74, 6) is 0. The standard InChI is InChI=1S/C13H21NO2/c1-11-4-3-5-13(10-11)12(2)14-6-8-16-9-7-15/h3-5,10,12,14-15H,6-9H2,1-2H3/t12-/m0/s1. The zero-order valence-electron chi connectivity index (χ0n) is 10.1. The van der Waals surface area contributed by atoms with E-state index in [2.05, 4.69) is 43.4 Å². The molecule has 0 aliphatic carbocycles. The lowest BCUT2D eigenvalue weighted by Crippen LogP contribution is -2.23. The predicted molar refractivity (Wildman–Crippen MR) is 65.5 cm³/mol. The Hall–Kier alpha value is -0.900. The third-order valence-corrected chi connectivity index (χ3v) is 2.47. The van der Waals surface area contributed by atoms with Gasteiger partial charge in [0.1, 0.15) is 0 Å². The minimum Gasteiger partial charge on any atom is -0.394 e. The smallest absolute Gasteiger partial charge is 0.0698 e. The van der Waals surface area contributed by atoms with Crippen LogP contribution < -0.4 is 5.32 Å². The van der Waals surface area contributed by atoms with Gasteiger partial charge in [0.2, 0.25) is 0 Å². The summed E-state index contributed by atoms with van der Waals surface area (Å²) in [5.41, 5.74) is 2.57. The van der Waals surface area contributed by atoms with Gasteiger partial charge in [-0.05, 0) is 19.4 Å². The molecule has 90 valence electrons. The third kappa shape index (κ3) is 4.75. The van der Waals surface area contributed by atoms with Gasteiger partial charge in [0, 0.05) is 12.6 Å². The van der Waals surface area contributed by atoms with Crippen molar-refractivity contribution >= 4 is 0 Å². The summed E-state index contributed by atoms with van der Waals surface area (Å²) in [6.07, 6.45) is 0. The highest BCUT2D eigenvalue weighted by atomic mass is 16.5. The Bertz CT molecular complexity index is 302. The number of rotatable bonds is 7. The Morgan fingerprint density at radius 3 is 2.88 bits per heavy atom. The first kappa shape index (κ1) is 13.2. The molecule has 0 aliphatic rings. The highest BCUT2D eigenvalue weighted by Crippen LogP contribution is 2.13. The van der Waals surface area contributed by atoms with Gasteiger partial charge in [-0.2, -0.15) is 0 Å². The summed E-state index contributed by atoms with van der Waals surface area (Å²) < 4.78 is 5.18. The fourth-order valence-corrected chi connectivity index (χ4v) is 1.57. The predicted octanol–water partition coefficient (Wildman–Crippen LogP) is 1.65. The van der Waals surface area contributed by atoms with E-state index in [0.717, 1.165) is 6.54 Å². The lowest BCUT2D eigenvalue weighted by Gasteiger charge is -2.14. The number of hydrogen-bond donors (Lipinski definition) is 2. The van der Waals surface area contributed by atoms with E-state index < -0.39 is 0 Å². The van der Waals surface area contributed by atoms with Gasteiger partial charge in [-0.3, -0.25) is 0 Å². The second-order valence-electron chi connectivity index (χ2n) is 3.93. The number of ether oxygens (including phenoxy) is 1. The van der Waals surface area contributed by atoms with Crippen LogP contribution >= 0.6 is 0 Å². The van der Waals surface area contributed by atoms with E-state index in [9.17, 15) is 0 Å². The van der Waals surface area contributed by atoms with Gasteiger partial charge in [0.05, 0.1) is 19.8 Å². The van der Waals surface area contributed by atoms with Crippen LogP contribution in [0.1, 0.15) is 24.1 Å². The molecule has 3 nitrogen and oxygen atoms in total. The van der Waals surface area contributed by atoms with Crippen LogP contribution in [-0.4, -0.2) is 31.5 Å². The van der Waals surface area contributed by atoms with Gasteiger partial charge in [0.15, 0.2) is 0 Å². The summed E-state index contributed by atoms with van der Waals surface area (Å²) in [7, 11) is 0. The number of benzene rings is 1. The Balaban J connectivity index is 2.27. The van der Waals surface area contributed by atoms with Crippen molar-refractivity contribution in [1.29, 1.82) is 0 Å². The summed E-state index contributed by atoms with van der Waals surface area (Å²) in [6, 6.07) is 8.81. The van der Waals surface area contributed by atoms with Crippen molar-refractivity contribution in [2.45, 2.75) is 19.9 Å². The maximum absolute atomic E-state index is 8.54. The summed E-state index contributed by atoms with van der Waals surface area (Å²) in [4.78, 5) is 0. The van der Waals surface area contributed by atoms with Crippen LogP contribution in [0.25, 0.3) is 0 Å². The number of aliphatic hydroxyl groups is 1. The van der Waals surface area contributed by atoms with E-state index in [1.165, 1.54) is 11.1 Å². The molecule has 0 aliphatic heterocycles. The first-order valence-electron chi connectivity index (χ1n) is 5.72. The third-order valence-electron chi connectivity index (χ3n) is 2.47. The monoisotopic (exact) mass is 223 g/mol. The number of aryl methyl sites for hydroxylation is 1. The summed E-state index contributed by atoms with van der Waals surface area (Å²) in [5, 5.41) is 11.9. The molecule has 1 aromatic carbocycles. The highest BCUT2D eigenvalue weighted by molar-refractivity contribution is 5.24. The van der Waals surface area contributed by atoms with Crippen LogP contribution in [0.4, 0.5) is 0 Å². The summed E-state index contributed by atoms with van der Waals surface area (Å²) in [6.45, 7) is 6.18. The van der Waals surface area contributed by atoms with Crippen LogP contribution in [-0.2, 0) is 4.74 Å². The maximum atomic E-state index is 8.54. The zero-order chi connectivity index (χ0) is 11.8. The van der Waals surface area contributed by atoms with Crippen LogP contribution in [0.5, 0.6) is 0 Å². The molecule has 0 fully saturated rings. The number of aliphatic hydroxyl groups excluding tert-OH is 1. The van der Waals surface area contributed by atoms with Gasteiger partial charge < -0.3 is 15.2 Å². The molecule has 0 aromatic heterocycles. The molecule has 0 radical (unpaired) electrons. The van der Waals surface area contributed by atoms with Gasteiger partial charge >= 0.3 is 0 Å². The molecular weight excluding hydrogens is 202 g/mol. The maximum Gasteiger partial charge on any atom is 0.0698 e. The second-order valence-corrected chi connectivity index (χ2v) is 3.93. The normalized spacial score (nSPS) is 12.7. The van der Waals surface area contributed by atoms with Crippen molar-refractivity contribution < 1.29 is 9.84 Å². The van der Waals surface area contributed by atoms with Crippen LogP contribution in [0, 0.1) is 6.92 Å². The topological polar surface area (TPSA) is 41.5 Å².